The summed E-state index contributed by atoms with van der Waals surface area (Å²) in [5, 5.41) is 0. The van der Waals surface area contributed by atoms with Crippen molar-refractivity contribution >= 4 is 29.2 Å². The number of nitrogen functional groups attached to an aromatic ring is 1. The van der Waals surface area contributed by atoms with Gasteiger partial charge in [0, 0.05) is 32.9 Å². The van der Waals surface area contributed by atoms with Crippen LogP contribution in [-0.4, -0.2) is 11.5 Å². The lowest BCUT2D eigenvalue weighted by atomic mass is 10.0. The maximum atomic E-state index is 13.2. The number of hydrogen-bond donors (Lipinski definition) is 1. The maximum Gasteiger partial charge on any atom is 0.124 e. The van der Waals surface area contributed by atoms with E-state index in [-0.39, 0.29) is 5.82 Å². The van der Waals surface area contributed by atoms with E-state index in [1.807, 2.05) is 11.8 Å². The van der Waals surface area contributed by atoms with Crippen LogP contribution < -0.4 is 5.73 Å². The van der Waals surface area contributed by atoms with E-state index in [1.54, 1.807) is 17.8 Å². The van der Waals surface area contributed by atoms with E-state index in [0.717, 1.165) is 16.4 Å². The fourth-order valence-corrected chi connectivity index (χ4v) is 4.70. The summed E-state index contributed by atoms with van der Waals surface area (Å²) in [5.74, 6) is 2.34. The molecule has 0 saturated carbocycles. The average Bonchev–Trinajstić information content (AvgIpc) is 2.83. The molecule has 1 heterocycles. The van der Waals surface area contributed by atoms with E-state index in [1.165, 1.54) is 22.6 Å². The molecular weight excluding hydrogens is 277 g/mol. The fourth-order valence-electron chi connectivity index (χ4n) is 2.19. The lowest BCUT2D eigenvalue weighted by Gasteiger charge is -2.11. The number of benzene rings is 2. The molecule has 1 atom stereocenters. The Morgan fingerprint density at radius 1 is 1.26 bits per heavy atom. The number of nitrogens with two attached hydrogens (primary N) is 1. The Hall–Kier alpha value is -1.13. The summed E-state index contributed by atoms with van der Waals surface area (Å²) in [6.45, 7) is 0. The number of thioether (sulfide) groups is 2. The minimum Gasteiger partial charge on any atom is -0.398 e. The maximum absolute atomic E-state index is 13.2. The number of halogens is 1. The van der Waals surface area contributed by atoms with E-state index in [4.69, 9.17) is 5.73 Å². The first-order valence-electron chi connectivity index (χ1n) is 6.13. The summed E-state index contributed by atoms with van der Waals surface area (Å²) in [6.07, 6.45) is 0. The third-order valence-corrected chi connectivity index (χ3v) is 5.70. The number of anilines is 1. The molecule has 2 N–H and O–H groups in total. The quantitative estimate of drug-likeness (QED) is 0.671. The monoisotopic (exact) mass is 291 g/mol. The fraction of sp³-hybridized carbons (Fsp3) is 0.200. The summed E-state index contributed by atoms with van der Waals surface area (Å²) in [4.78, 5) is 2.22. The Kier molecular flexibility index (Phi) is 3.71. The topological polar surface area (TPSA) is 26.0 Å². The van der Waals surface area contributed by atoms with Crippen molar-refractivity contribution in [3.63, 3.8) is 0 Å². The zero-order chi connectivity index (χ0) is 13.2. The van der Waals surface area contributed by atoms with Gasteiger partial charge in [0.25, 0.3) is 0 Å². The molecule has 2 aromatic carbocycles. The molecule has 1 unspecified atom stereocenters. The zero-order valence-corrected chi connectivity index (χ0v) is 11.9. The Morgan fingerprint density at radius 3 is 3.00 bits per heavy atom. The van der Waals surface area contributed by atoms with Gasteiger partial charge >= 0.3 is 0 Å². The molecule has 0 radical (unpaired) electrons. The normalized spacial score (nSPS) is 17.4. The summed E-state index contributed by atoms with van der Waals surface area (Å²) < 4.78 is 13.2. The molecule has 0 aliphatic carbocycles. The average molecular weight is 291 g/mol. The molecule has 1 aliphatic heterocycles. The van der Waals surface area contributed by atoms with Gasteiger partial charge in [-0.25, -0.2) is 4.39 Å². The van der Waals surface area contributed by atoms with Gasteiger partial charge in [-0.2, -0.15) is 0 Å². The molecule has 0 aromatic heterocycles. The molecule has 0 amide bonds. The van der Waals surface area contributed by atoms with Crippen molar-refractivity contribution in [1.82, 2.24) is 0 Å². The molecule has 4 heteroatoms. The first kappa shape index (κ1) is 12.9. The molecule has 0 fully saturated rings. The summed E-state index contributed by atoms with van der Waals surface area (Å²) >= 11 is 3.54. The van der Waals surface area contributed by atoms with Gasteiger partial charge in [0.05, 0.1) is 0 Å². The molecule has 3 rings (SSSR count). The highest BCUT2D eigenvalue weighted by Gasteiger charge is 2.22. The predicted octanol–water partition coefficient (Wildman–Crippen LogP) is 4.39. The SMILES string of the molecule is Nc1ccc(F)cc1SCC1CSc2ccccc21. The van der Waals surface area contributed by atoms with Crippen molar-refractivity contribution in [3.05, 3.63) is 53.8 Å². The second kappa shape index (κ2) is 5.47. The van der Waals surface area contributed by atoms with Crippen LogP contribution in [0.4, 0.5) is 10.1 Å². The van der Waals surface area contributed by atoms with Crippen LogP contribution in [-0.2, 0) is 0 Å². The highest BCUT2D eigenvalue weighted by atomic mass is 32.2. The highest BCUT2D eigenvalue weighted by Crippen LogP contribution is 2.42. The minimum atomic E-state index is -0.224. The second-order valence-electron chi connectivity index (χ2n) is 4.54. The van der Waals surface area contributed by atoms with Crippen LogP contribution in [0.15, 0.2) is 52.3 Å². The molecule has 0 bridgehead atoms. The lowest BCUT2D eigenvalue weighted by Crippen LogP contribution is -2.01. The van der Waals surface area contributed by atoms with Gasteiger partial charge in [-0.15, -0.1) is 23.5 Å². The van der Waals surface area contributed by atoms with Gasteiger partial charge in [-0.1, -0.05) is 18.2 Å². The van der Waals surface area contributed by atoms with Gasteiger partial charge in [-0.3, -0.25) is 0 Å². The molecular formula is C15H14FNS2. The van der Waals surface area contributed by atoms with Crippen LogP contribution in [0.3, 0.4) is 0 Å². The summed E-state index contributed by atoms with van der Waals surface area (Å²) in [5.41, 5.74) is 7.95. The Balaban J connectivity index is 1.72. The van der Waals surface area contributed by atoms with Crippen LogP contribution >= 0.6 is 23.5 Å². The van der Waals surface area contributed by atoms with E-state index in [9.17, 15) is 4.39 Å². The van der Waals surface area contributed by atoms with Crippen LogP contribution in [0.5, 0.6) is 0 Å². The van der Waals surface area contributed by atoms with Gasteiger partial charge in [-0.05, 0) is 29.8 Å². The van der Waals surface area contributed by atoms with Crippen molar-refractivity contribution in [1.29, 1.82) is 0 Å². The van der Waals surface area contributed by atoms with Gasteiger partial charge in [0.1, 0.15) is 5.82 Å². The zero-order valence-electron chi connectivity index (χ0n) is 10.3. The van der Waals surface area contributed by atoms with E-state index in [2.05, 4.69) is 24.3 Å². The number of rotatable bonds is 3. The smallest absolute Gasteiger partial charge is 0.124 e. The van der Waals surface area contributed by atoms with Crippen LogP contribution in [0.25, 0.3) is 0 Å². The molecule has 0 saturated heterocycles. The van der Waals surface area contributed by atoms with Gasteiger partial charge < -0.3 is 5.73 Å². The predicted molar refractivity (Wildman–Crippen MR) is 81.4 cm³/mol. The first-order valence-corrected chi connectivity index (χ1v) is 8.11. The standard InChI is InChI=1S/C15H14FNS2/c16-11-5-6-13(17)15(7-11)19-9-10-8-18-14-4-2-1-3-12(10)14/h1-7,10H,8-9,17H2. The lowest BCUT2D eigenvalue weighted by molar-refractivity contribution is 0.624. The van der Waals surface area contributed by atoms with Crippen molar-refractivity contribution in [2.75, 3.05) is 17.2 Å². The van der Waals surface area contributed by atoms with Crippen LogP contribution in [0.2, 0.25) is 0 Å². The molecule has 0 spiro atoms. The molecule has 2 aromatic rings. The van der Waals surface area contributed by atoms with Crippen molar-refractivity contribution < 1.29 is 4.39 Å². The minimum absolute atomic E-state index is 0.224. The number of hydrogen-bond acceptors (Lipinski definition) is 3. The largest absolute Gasteiger partial charge is 0.398 e. The molecule has 1 nitrogen and oxygen atoms in total. The second-order valence-corrected chi connectivity index (χ2v) is 6.66. The Bertz CT molecular complexity index is 600. The van der Waals surface area contributed by atoms with Crippen molar-refractivity contribution in [2.24, 2.45) is 0 Å². The van der Waals surface area contributed by atoms with E-state index in [0.29, 0.717) is 11.6 Å². The van der Waals surface area contributed by atoms with Crippen LogP contribution in [0, 0.1) is 5.82 Å². The van der Waals surface area contributed by atoms with E-state index >= 15 is 0 Å². The third-order valence-electron chi connectivity index (χ3n) is 3.21. The molecule has 19 heavy (non-hydrogen) atoms. The van der Waals surface area contributed by atoms with Gasteiger partial charge in [0.2, 0.25) is 0 Å². The van der Waals surface area contributed by atoms with Crippen LogP contribution in [0.1, 0.15) is 11.5 Å². The van der Waals surface area contributed by atoms with Crippen molar-refractivity contribution in [3.8, 4) is 0 Å². The first-order chi connectivity index (χ1) is 9.24. The third kappa shape index (κ3) is 2.74. The van der Waals surface area contributed by atoms with Gasteiger partial charge in [0.15, 0.2) is 0 Å². The Morgan fingerprint density at radius 2 is 2.11 bits per heavy atom. The summed E-state index contributed by atoms with van der Waals surface area (Å²) in [7, 11) is 0. The summed E-state index contributed by atoms with van der Waals surface area (Å²) in [6, 6.07) is 13.1. The van der Waals surface area contributed by atoms with Crippen molar-refractivity contribution in [2.45, 2.75) is 15.7 Å². The highest BCUT2D eigenvalue weighted by molar-refractivity contribution is 8.00. The molecule has 98 valence electrons. The molecule has 1 aliphatic rings. The number of fused-ring (bicyclic) bond motifs is 1. The Labute approximate surface area is 120 Å². The van der Waals surface area contributed by atoms with E-state index < -0.39 is 0 Å².